The van der Waals surface area contributed by atoms with E-state index < -0.39 is 21.7 Å². The first-order chi connectivity index (χ1) is 10.3. The number of anilines is 1. The Bertz CT molecular complexity index is 819. The van der Waals surface area contributed by atoms with Gasteiger partial charge in [-0.1, -0.05) is 12.1 Å². The molecule has 7 heteroatoms. The summed E-state index contributed by atoms with van der Waals surface area (Å²) in [6.07, 6.45) is 0. The summed E-state index contributed by atoms with van der Waals surface area (Å²) in [5.41, 5.74) is 1.12. The van der Waals surface area contributed by atoms with Crippen LogP contribution in [0.5, 0.6) is 0 Å². The van der Waals surface area contributed by atoms with Gasteiger partial charge >= 0.3 is 0 Å². The van der Waals surface area contributed by atoms with Crippen molar-refractivity contribution in [2.45, 2.75) is 11.8 Å². The zero-order valence-corrected chi connectivity index (χ0v) is 12.9. The van der Waals surface area contributed by atoms with Gasteiger partial charge in [-0.3, -0.25) is 4.79 Å². The second kappa shape index (κ2) is 6.25. The molecule has 0 aromatic heterocycles. The summed E-state index contributed by atoms with van der Waals surface area (Å²) < 4.78 is 38.9. The normalized spacial score (nSPS) is 11.2. The summed E-state index contributed by atoms with van der Waals surface area (Å²) in [6, 6.07) is 9.72. The van der Waals surface area contributed by atoms with Gasteiger partial charge in [-0.15, -0.1) is 0 Å². The van der Waals surface area contributed by atoms with Crippen LogP contribution in [0, 0.1) is 12.7 Å². The molecule has 22 heavy (non-hydrogen) atoms. The minimum atomic E-state index is -3.64. The van der Waals surface area contributed by atoms with Crippen LogP contribution in [0.1, 0.15) is 15.9 Å². The Morgan fingerprint density at radius 1 is 1.14 bits per heavy atom. The highest BCUT2D eigenvalue weighted by molar-refractivity contribution is 7.89. The molecule has 0 saturated carbocycles. The van der Waals surface area contributed by atoms with Gasteiger partial charge in [0, 0.05) is 11.3 Å². The van der Waals surface area contributed by atoms with Gasteiger partial charge in [-0.25, -0.2) is 17.5 Å². The number of carbonyl (C=O) groups is 1. The Labute approximate surface area is 128 Å². The van der Waals surface area contributed by atoms with Crippen LogP contribution in [0.3, 0.4) is 0 Å². The highest BCUT2D eigenvalue weighted by atomic mass is 32.2. The van der Waals surface area contributed by atoms with Crippen LogP contribution in [0.2, 0.25) is 0 Å². The zero-order valence-electron chi connectivity index (χ0n) is 12.1. The third kappa shape index (κ3) is 3.49. The fourth-order valence-corrected chi connectivity index (χ4v) is 2.65. The van der Waals surface area contributed by atoms with E-state index in [4.69, 9.17) is 0 Å². The average Bonchev–Trinajstić information content (AvgIpc) is 2.47. The summed E-state index contributed by atoms with van der Waals surface area (Å²) >= 11 is 0. The topological polar surface area (TPSA) is 75.3 Å². The van der Waals surface area contributed by atoms with Crippen molar-refractivity contribution in [1.82, 2.24) is 4.72 Å². The Morgan fingerprint density at radius 2 is 1.86 bits per heavy atom. The van der Waals surface area contributed by atoms with E-state index in [0.717, 1.165) is 0 Å². The largest absolute Gasteiger partial charge is 0.322 e. The molecule has 0 fully saturated rings. The van der Waals surface area contributed by atoms with Crippen LogP contribution in [-0.4, -0.2) is 21.4 Å². The molecule has 0 atom stereocenters. The lowest BCUT2D eigenvalue weighted by molar-refractivity contribution is 0.102. The number of aryl methyl sites for hydroxylation is 1. The van der Waals surface area contributed by atoms with E-state index in [0.29, 0.717) is 11.3 Å². The smallest absolute Gasteiger partial charge is 0.255 e. The first-order valence-electron chi connectivity index (χ1n) is 6.44. The number of benzene rings is 2. The van der Waals surface area contributed by atoms with Gasteiger partial charge in [0.1, 0.15) is 5.82 Å². The Morgan fingerprint density at radius 3 is 2.50 bits per heavy atom. The minimum Gasteiger partial charge on any atom is -0.322 e. The van der Waals surface area contributed by atoms with Gasteiger partial charge in [-0.2, -0.15) is 0 Å². The van der Waals surface area contributed by atoms with Crippen LogP contribution in [0.4, 0.5) is 10.1 Å². The molecule has 2 aromatic rings. The summed E-state index contributed by atoms with van der Waals surface area (Å²) in [4.78, 5) is 12.3. The number of rotatable bonds is 4. The van der Waals surface area contributed by atoms with Gasteiger partial charge in [0.05, 0.1) is 4.90 Å². The second-order valence-corrected chi connectivity index (χ2v) is 6.54. The molecule has 2 rings (SSSR count). The van der Waals surface area contributed by atoms with Crippen LogP contribution < -0.4 is 10.0 Å². The van der Waals surface area contributed by atoms with E-state index in [2.05, 4.69) is 10.0 Å². The van der Waals surface area contributed by atoms with Crippen molar-refractivity contribution in [3.63, 3.8) is 0 Å². The summed E-state index contributed by atoms with van der Waals surface area (Å²) in [6.45, 7) is 1.69. The van der Waals surface area contributed by atoms with Gasteiger partial charge in [0.2, 0.25) is 10.0 Å². The predicted octanol–water partition coefficient (Wildman–Crippen LogP) is 2.29. The van der Waals surface area contributed by atoms with E-state index in [1.807, 2.05) is 0 Å². The van der Waals surface area contributed by atoms with Crippen molar-refractivity contribution in [1.29, 1.82) is 0 Å². The number of nitrogens with one attached hydrogen (secondary N) is 2. The monoisotopic (exact) mass is 322 g/mol. The highest BCUT2D eigenvalue weighted by Gasteiger charge is 2.16. The molecule has 2 N–H and O–H groups in total. The summed E-state index contributed by atoms with van der Waals surface area (Å²) in [7, 11) is -2.35. The predicted molar refractivity (Wildman–Crippen MR) is 81.8 cm³/mol. The zero-order chi connectivity index (χ0) is 16.3. The van der Waals surface area contributed by atoms with Crippen molar-refractivity contribution in [2.24, 2.45) is 0 Å². The molecular formula is C15H15FN2O3S. The number of hydrogen-bond donors (Lipinski definition) is 2. The molecule has 0 radical (unpaired) electrons. The molecule has 0 aliphatic rings. The molecule has 0 unspecified atom stereocenters. The molecule has 2 aromatic carbocycles. The summed E-state index contributed by atoms with van der Waals surface area (Å²) in [5.74, 6) is -0.975. The molecule has 0 bridgehead atoms. The van der Waals surface area contributed by atoms with Gasteiger partial charge in [-0.05, 0) is 49.9 Å². The quantitative estimate of drug-likeness (QED) is 0.907. The van der Waals surface area contributed by atoms with E-state index >= 15 is 0 Å². The van der Waals surface area contributed by atoms with Crippen molar-refractivity contribution < 1.29 is 17.6 Å². The Kier molecular flexibility index (Phi) is 4.58. The Hall–Kier alpha value is -2.25. The van der Waals surface area contributed by atoms with E-state index in [1.165, 1.54) is 37.4 Å². The van der Waals surface area contributed by atoms with Crippen LogP contribution in [0.25, 0.3) is 0 Å². The molecule has 0 saturated heterocycles. The van der Waals surface area contributed by atoms with Crippen LogP contribution in [0.15, 0.2) is 47.4 Å². The van der Waals surface area contributed by atoms with Crippen molar-refractivity contribution in [2.75, 3.05) is 12.4 Å². The molecule has 0 aliphatic heterocycles. The van der Waals surface area contributed by atoms with Crippen molar-refractivity contribution >= 4 is 21.6 Å². The maximum atomic E-state index is 13.1. The van der Waals surface area contributed by atoms with Crippen LogP contribution in [-0.2, 0) is 10.0 Å². The maximum absolute atomic E-state index is 13.1. The lowest BCUT2D eigenvalue weighted by Gasteiger charge is -2.10. The number of amides is 1. The van der Waals surface area contributed by atoms with Crippen molar-refractivity contribution in [3.8, 4) is 0 Å². The standard InChI is InChI=1S/C15H15FN2O3S/c1-10-6-7-13(22(20,21)17-2)9-14(10)15(19)18-12-5-3-4-11(16)8-12/h3-9,17H,1-2H3,(H,18,19). The van der Waals surface area contributed by atoms with E-state index in [1.54, 1.807) is 19.1 Å². The minimum absolute atomic E-state index is 0.00927. The van der Waals surface area contributed by atoms with Gasteiger partial charge < -0.3 is 5.32 Å². The fraction of sp³-hybridized carbons (Fsp3) is 0.133. The number of carbonyl (C=O) groups excluding carboxylic acids is 1. The highest BCUT2D eigenvalue weighted by Crippen LogP contribution is 2.18. The molecule has 0 heterocycles. The lowest BCUT2D eigenvalue weighted by Crippen LogP contribution is -2.20. The molecule has 116 valence electrons. The number of halogens is 1. The third-order valence-corrected chi connectivity index (χ3v) is 4.53. The molecule has 0 spiro atoms. The number of sulfonamides is 1. The second-order valence-electron chi connectivity index (χ2n) is 4.65. The molecule has 1 amide bonds. The molecule has 0 aliphatic carbocycles. The maximum Gasteiger partial charge on any atom is 0.255 e. The number of hydrogen-bond acceptors (Lipinski definition) is 3. The van der Waals surface area contributed by atoms with E-state index in [9.17, 15) is 17.6 Å². The average molecular weight is 322 g/mol. The van der Waals surface area contributed by atoms with Gasteiger partial charge in [0.15, 0.2) is 0 Å². The third-order valence-electron chi connectivity index (χ3n) is 3.12. The first kappa shape index (κ1) is 16.1. The Balaban J connectivity index is 2.35. The summed E-state index contributed by atoms with van der Waals surface area (Å²) in [5, 5.41) is 2.54. The van der Waals surface area contributed by atoms with Crippen LogP contribution >= 0.6 is 0 Å². The molecular weight excluding hydrogens is 307 g/mol. The van der Waals surface area contributed by atoms with E-state index in [-0.39, 0.29) is 10.5 Å². The van der Waals surface area contributed by atoms with Gasteiger partial charge in [0.25, 0.3) is 5.91 Å². The fourth-order valence-electron chi connectivity index (χ4n) is 1.90. The first-order valence-corrected chi connectivity index (χ1v) is 7.93. The van der Waals surface area contributed by atoms with Crippen molar-refractivity contribution in [3.05, 3.63) is 59.4 Å². The molecule has 5 nitrogen and oxygen atoms in total. The SMILES string of the molecule is CNS(=O)(=O)c1ccc(C)c(C(=O)Nc2cccc(F)c2)c1. The lowest BCUT2D eigenvalue weighted by atomic mass is 10.1.